The van der Waals surface area contributed by atoms with Crippen LogP contribution in [0.4, 0.5) is 4.39 Å². The van der Waals surface area contributed by atoms with Crippen molar-refractivity contribution < 1.29 is 28.8 Å². The molecule has 7 heteroatoms. The molecule has 2 heterocycles. The van der Waals surface area contributed by atoms with E-state index in [-0.39, 0.29) is 18.4 Å². The maximum absolute atomic E-state index is 13.7. The van der Waals surface area contributed by atoms with Gasteiger partial charge < -0.3 is 10.1 Å². The average molecular weight is 349 g/mol. The number of imide groups is 1. The van der Waals surface area contributed by atoms with Crippen LogP contribution in [0, 0.1) is 17.7 Å². The standard InChI is InChI=1S/C18H21FN2O4/c1-4-18(17(24)25-3)13-12(15(22)21(5-2)16(13)23)14(20-18)10-7-6-8-11(19)9-10/h6-9,12-14,20H,4-5H2,1-3H3/p+1/t12-,13+,14-,18+/m0/s1. The number of hydrogen-bond acceptors (Lipinski definition) is 4. The molecule has 0 aliphatic carbocycles. The third kappa shape index (κ3) is 2.37. The number of fused-ring (bicyclic) bond motifs is 1. The van der Waals surface area contributed by atoms with Crippen LogP contribution in [0.2, 0.25) is 0 Å². The molecule has 0 bridgehead atoms. The van der Waals surface area contributed by atoms with Crippen LogP contribution in [-0.2, 0) is 19.1 Å². The van der Waals surface area contributed by atoms with E-state index in [1.54, 1.807) is 31.3 Å². The number of amides is 2. The van der Waals surface area contributed by atoms with E-state index in [4.69, 9.17) is 4.74 Å². The van der Waals surface area contributed by atoms with Gasteiger partial charge in [-0.25, -0.2) is 9.18 Å². The van der Waals surface area contributed by atoms with Crippen LogP contribution < -0.4 is 5.32 Å². The van der Waals surface area contributed by atoms with E-state index >= 15 is 0 Å². The monoisotopic (exact) mass is 349 g/mol. The number of carbonyl (C=O) groups is 3. The summed E-state index contributed by atoms with van der Waals surface area (Å²) in [4.78, 5) is 39.5. The molecule has 0 saturated carbocycles. The molecule has 4 atom stereocenters. The number of ether oxygens (including phenoxy) is 1. The Morgan fingerprint density at radius 2 is 2.04 bits per heavy atom. The Balaban J connectivity index is 2.15. The summed E-state index contributed by atoms with van der Waals surface area (Å²) in [6.07, 6.45) is 0.337. The molecule has 2 N–H and O–H groups in total. The number of likely N-dealkylation sites (tertiary alicyclic amines) is 1. The van der Waals surface area contributed by atoms with E-state index in [2.05, 4.69) is 0 Å². The number of nitrogens with two attached hydrogens (primary N) is 1. The first-order chi connectivity index (χ1) is 11.9. The van der Waals surface area contributed by atoms with Crippen molar-refractivity contribution in [2.24, 2.45) is 11.8 Å². The van der Waals surface area contributed by atoms with Crippen molar-refractivity contribution in [2.45, 2.75) is 31.8 Å². The Bertz CT molecular complexity index is 738. The summed E-state index contributed by atoms with van der Waals surface area (Å²) >= 11 is 0. The Hall–Kier alpha value is -2.28. The highest BCUT2D eigenvalue weighted by molar-refractivity contribution is 6.08. The second kappa shape index (κ2) is 6.22. The maximum atomic E-state index is 13.7. The number of nitrogens with zero attached hydrogens (tertiary/aromatic N) is 1. The molecule has 134 valence electrons. The highest BCUT2D eigenvalue weighted by Gasteiger charge is 2.71. The van der Waals surface area contributed by atoms with Gasteiger partial charge in [0.1, 0.15) is 23.7 Å². The molecule has 2 aliphatic heterocycles. The molecule has 25 heavy (non-hydrogen) atoms. The van der Waals surface area contributed by atoms with Gasteiger partial charge in [-0.05, 0) is 19.1 Å². The summed E-state index contributed by atoms with van der Waals surface area (Å²) in [6.45, 7) is 3.77. The van der Waals surface area contributed by atoms with Gasteiger partial charge in [0.25, 0.3) is 0 Å². The molecule has 2 aliphatic rings. The van der Waals surface area contributed by atoms with Crippen LogP contribution in [0.1, 0.15) is 31.9 Å². The van der Waals surface area contributed by atoms with Gasteiger partial charge in [0.05, 0.1) is 7.11 Å². The first-order valence-electron chi connectivity index (χ1n) is 8.46. The van der Waals surface area contributed by atoms with Gasteiger partial charge in [-0.2, -0.15) is 0 Å². The zero-order chi connectivity index (χ0) is 18.4. The average Bonchev–Trinajstić information content (AvgIpc) is 3.09. The van der Waals surface area contributed by atoms with Crippen molar-refractivity contribution >= 4 is 17.8 Å². The van der Waals surface area contributed by atoms with Crippen molar-refractivity contribution in [3.63, 3.8) is 0 Å². The molecule has 2 saturated heterocycles. The minimum Gasteiger partial charge on any atom is -0.464 e. The molecule has 3 rings (SSSR count). The van der Waals surface area contributed by atoms with E-state index in [1.807, 2.05) is 0 Å². The molecule has 0 unspecified atom stereocenters. The predicted molar refractivity (Wildman–Crippen MR) is 85.5 cm³/mol. The van der Waals surface area contributed by atoms with E-state index < -0.39 is 35.2 Å². The zero-order valence-electron chi connectivity index (χ0n) is 14.5. The highest BCUT2D eigenvalue weighted by Crippen LogP contribution is 2.45. The molecule has 6 nitrogen and oxygen atoms in total. The number of benzene rings is 1. The Kier molecular flexibility index (Phi) is 4.36. The lowest BCUT2D eigenvalue weighted by Gasteiger charge is -2.27. The van der Waals surface area contributed by atoms with Gasteiger partial charge in [0.15, 0.2) is 0 Å². The third-order valence-corrected chi connectivity index (χ3v) is 5.56. The number of methoxy groups -OCH3 is 1. The number of carbonyl (C=O) groups excluding carboxylic acids is 3. The lowest BCUT2D eigenvalue weighted by atomic mass is 9.78. The van der Waals surface area contributed by atoms with Crippen LogP contribution in [0.15, 0.2) is 24.3 Å². The second-order valence-corrected chi connectivity index (χ2v) is 6.56. The minimum absolute atomic E-state index is 0.251. The van der Waals surface area contributed by atoms with Crippen LogP contribution in [-0.4, -0.2) is 41.9 Å². The molecule has 2 fully saturated rings. The number of halogens is 1. The number of rotatable bonds is 4. The molecule has 1 aromatic rings. The van der Waals surface area contributed by atoms with Crippen molar-refractivity contribution in [1.29, 1.82) is 0 Å². The van der Waals surface area contributed by atoms with Crippen molar-refractivity contribution in [1.82, 2.24) is 4.90 Å². The van der Waals surface area contributed by atoms with Crippen molar-refractivity contribution in [3.8, 4) is 0 Å². The van der Waals surface area contributed by atoms with Gasteiger partial charge in [0.2, 0.25) is 17.4 Å². The Morgan fingerprint density at radius 3 is 2.60 bits per heavy atom. The lowest BCUT2D eigenvalue weighted by molar-refractivity contribution is -0.734. The largest absolute Gasteiger partial charge is 0.464 e. The first kappa shape index (κ1) is 17.5. The van der Waals surface area contributed by atoms with Crippen LogP contribution in [0.25, 0.3) is 0 Å². The molecule has 0 radical (unpaired) electrons. The van der Waals surface area contributed by atoms with Crippen LogP contribution in [0.5, 0.6) is 0 Å². The summed E-state index contributed by atoms with van der Waals surface area (Å²) in [7, 11) is 1.27. The van der Waals surface area contributed by atoms with Crippen LogP contribution >= 0.6 is 0 Å². The molecule has 0 aromatic heterocycles. The van der Waals surface area contributed by atoms with Gasteiger partial charge in [-0.1, -0.05) is 19.1 Å². The summed E-state index contributed by atoms with van der Waals surface area (Å²) in [5.41, 5.74) is -0.582. The number of esters is 1. The summed E-state index contributed by atoms with van der Waals surface area (Å²) < 4.78 is 18.7. The van der Waals surface area contributed by atoms with Gasteiger partial charge in [-0.3, -0.25) is 14.5 Å². The SMILES string of the molecule is CCN1C(=O)[C@@H]2[C@H](c3cccc(F)c3)[NH2+][C@@](CC)(C(=O)OC)[C@H]2C1=O. The number of hydrogen-bond donors (Lipinski definition) is 1. The molecule has 0 spiro atoms. The topological polar surface area (TPSA) is 80.3 Å². The Labute approximate surface area is 145 Å². The van der Waals surface area contributed by atoms with Crippen molar-refractivity contribution in [2.75, 3.05) is 13.7 Å². The summed E-state index contributed by atoms with van der Waals surface area (Å²) in [6, 6.07) is 5.46. The fraction of sp³-hybridized carbons (Fsp3) is 0.500. The van der Waals surface area contributed by atoms with Gasteiger partial charge in [-0.15, -0.1) is 0 Å². The Morgan fingerprint density at radius 1 is 1.32 bits per heavy atom. The van der Waals surface area contributed by atoms with Crippen LogP contribution in [0.3, 0.4) is 0 Å². The molecular formula is C18H22FN2O4+. The molecule has 1 aromatic carbocycles. The lowest BCUT2D eigenvalue weighted by Crippen LogP contribution is -2.98. The van der Waals surface area contributed by atoms with Gasteiger partial charge >= 0.3 is 5.97 Å². The minimum atomic E-state index is -1.17. The number of quaternary nitrogens is 1. The third-order valence-electron chi connectivity index (χ3n) is 5.56. The van der Waals surface area contributed by atoms with E-state index in [1.165, 1.54) is 24.1 Å². The van der Waals surface area contributed by atoms with E-state index in [0.29, 0.717) is 12.0 Å². The summed E-state index contributed by atoms with van der Waals surface area (Å²) in [5.74, 6) is -3.09. The molecule has 2 amide bonds. The van der Waals surface area contributed by atoms with Gasteiger partial charge in [0, 0.05) is 18.5 Å². The highest BCUT2D eigenvalue weighted by atomic mass is 19.1. The summed E-state index contributed by atoms with van der Waals surface area (Å²) in [5, 5.41) is 1.73. The zero-order valence-corrected chi connectivity index (χ0v) is 14.5. The normalized spacial score (nSPS) is 31.4. The predicted octanol–water partition coefficient (Wildman–Crippen LogP) is 0.387. The van der Waals surface area contributed by atoms with Crippen molar-refractivity contribution in [3.05, 3.63) is 35.6 Å². The van der Waals surface area contributed by atoms with E-state index in [0.717, 1.165) is 0 Å². The first-order valence-corrected chi connectivity index (χ1v) is 8.46. The fourth-order valence-corrected chi connectivity index (χ4v) is 4.38. The maximum Gasteiger partial charge on any atom is 0.368 e. The molecular weight excluding hydrogens is 327 g/mol. The van der Waals surface area contributed by atoms with E-state index in [9.17, 15) is 18.8 Å². The fourth-order valence-electron chi connectivity index (χ4n) is 4.38. The smallest absolute Gasteiger partial charge is 0.368 e. The quantitative estimate of drug-likeness (QED) is 0.630. The second-order valence-electron chi connectivity index (χ2n) is 6.56.